The number of non-ortho nitro benzene ring substituents is 1. The van der Waals surface area contributed by atoms with Crippen LogP contribution < -0.4 is 4.74 Å². The molecule has 25 heavy (non-hydrogen) atoms. The number of nitro benzene ring substituents is 1. The second-order valence-corrected chi connectivity index (χ2v) is 6.14. The van der Waals surface area contributed by atoms with E-state index in [1.807, 2.05) is 0 Å². The summed E-state index contributed by atoms with van der Waals surface area (Å²) in [7, 11) is 0. The summed E-state index contributed by atoms with van der Waals surface area (Å²) in [5.41, 5.74) is -0.0187. The van der Waals surface area contributed by atoms with Crippen LogP contribution in [0.2, 0.25) is 5.02 Å². The Hall–Kier alpha value is -2.67. The van der Waals surface area contributed by atoms with E-state index in [1.54, 1.807) is 29.4 Å². The zero-order chi connectivity index (χ0) is 17.8. The van der Waals surface area contributed by atoms with Crippen molar-refractivity contribution >= 4 is 23.2 Å². The van der Waals surface area contributed by atoms with Crippen molar-refractivity contribution in [2.45, 2.75) is 18.9 Å². The minimum atomic E-state index is -0.543. The molecule has 1 aliphatic rings. The van der Waals surface area contributed by atoms with Crippen molar-refractivity contribution < 1.29 is 14.5 Å². The molecule has 0 spiro atoms. The van der Waals surface area contributed by atoms with Crippen molar-refractivity contribution in [3.8, 4) is 5.75 Å². The Morgan fingerprint density at radius 1 is 1.32 bits per heavy atom. The smallest absolute Gasteiger partial charge is 0.270 e. The average molecular weight is 362 g/mol. The number of pyridine rings is 1. The molecule has 0 bridgehead atoms. The van der Waals surface area contributed by atoms with Crippen molar-refractivity contribution in [1.82, 2.24) is 9.88 Å². The molecule has 130 valence electrons. The SMILES string of the molecule is O=C(c1cc([N+](=O)[O-])ccc1Cl)N1CCCC(Oc2ccncc2)C1. The monoisotopic (exact) mass is 361 g/mol. The maximum absolute atomic E-state index is 12.7. The predicted octanol–water partition coefficient (Wildman–Crippen LogP) is 3.33. The van der Waals surface area contributed by atoms with Crippen molar-refractivity contribution in [2.24, 2.45) is 0 Å². The Morgan fingerprint density at radius 3 is 2.80 bits per heavy atom. The van der Waals surface area contributed by atoms with E-state index in [1.165, 1.54) is 18.2 Å². The number of ether oxygens (including phenoxy) is 1. The van der Waals surface area contributed by atoms with E-state index in [9.17, 15) is 14.9 Å². The number of aromatic nitrogens is 1. The molecule has 1 unspecified atom stereocenters. The van der Waals surface area contributed by atoms with Crippen LogP contribution in [-0.2, 0) is 0 Å². The van der Waals surface area contributed by atoms with Crippen LogP contribution in [-0.4, -0.2) is 39.9 Å². The number of halogens is 1. The summed E-state index contributed by atoms with van der Waals surface area (Å²) >= 11 is 6.07. The van der Waals surface area contributed by atoms with Gasteiger partial charge in [0.2, 0.25) is 0 Å². The topological polar surface area (TPSA) is 85.6 Å². The predicted molar refractivity (Wildman–Crippen MR) is 91.9 cm³/mol. The second kappa shape index (κ2) is 7.48. The molecule has 1 aliphatic heterocycles. The van der Waals surface area contributed by atoms with E-state index < -0.39 is 4.92 Å². The summed E-state index contributed by atoms with van der Waals surface area (Å²) in [4.78, 5) is 28.7. The van der Waals surface area contributed by atoms with Crippen molar-refractivity contribution in [2.75, 3.05) is 13.1 Å². The van der Waals surface area contributed by atoms with Gasteiger partial charge in [0.15, 0.2) is 0 Å². The number of hydrogen-bond donors (Lipinski definition) is 0. The number of carbonyl (C=O) groups is 1. The first-order valence-electron chi connectivity index (χ1n) is 7.84. The van der Waals surface area contributed by atoms with E-state index in [0.717, 1.165) is 12.8 Å². The number of likely N-dealkylation sites (tertiary alicyclic amines) is 1. The summed E-state index contributed by atoms with van der Waals surface area (Å²) in [6.07, 6.45) is 4.76. The first-order chi connectivity index (χ1) is 12.0. The summed E-state index contributed by atoms with van der Waals surface area (Å²) in [6.45, 7) is 0.967. The summed E-state index contributed by atoms with van der Waals surface area (Å²) in [6, 6.07) is 7.40. The molecule has 0 N–H and O–H groups in total. The largest absolute Gasteiger partial charge is 0.488 e. The number of piperidine rings is 1. The number of rotatable bonds is 4. The van der Waals surface area contributed by atoms with Crippen molar-refractivity contribution in [3.05, 3.63) is 63.4 Å². The number of benzene rings is 1. The lowest BCUT2D eigenvalue weighted by Crippen LogP contribution is -2.44. The van der Waals surface area contributed by atoms with Gasteiger partial charge in [0.05, 0.1) is 22.1 Å². The summed E-state index contributed by atoms with van der Waals surface area (Å²) in [5, 5.41) is 11.1. The molecule has 1 amide bonds. The Balaban J connectivity index is 1.74. The normalized spacial score (nSPS) is 17.2. The van der Waals surface area contributed by atoms with Crippen LogP contribution in [0.5, 0.6) is 5.75 Å². The molecule has 0 aliphatic carbocycles. The van der Waals surface area contributed by atoms with Crippen LogP contribution in [0.15, 0.2) is 42.7 Å². The van der Waals surface area contributed by atoms with Gasteiger partial charge < -0.3 is 9.64 Å². The van der Waals surface area contributed by atoms with Gasteiger partial charge in [0.25, 0.3) is 11.6 Å². The number of hydrogen-bond acceptors (Lipinski definition) is 5. The standard InChI is InChI=1S/C17H16ClN3O4/c18-16-4-3-12(21(23)24)10-15(16)17(22)20-9-1-2-14(11-20)25-13-5-7-19-8-6-13/h3-8,10,14H,1-2,9,11H2. The van der Waals surface area contributed by atoms with Gasteiger partial charge in [-0.2, -0.15) is 0 Å². The first-order valence-corrected chi connectivity index (χ1v) is 8.22. The van der Waals surface area contributed by atoms with Crippen LogP contribution in [0.1, 0.15) is 23.2 Å². The fourth-order valence-electron chi connectivity index (χ4n) is 2.79. The number of carbonyl (C=O) groups excluding carboxylic acids is 1. The van der Waals surface area contributed by atoms with Gasteiger partial charge in [0.1, 0.15) is 11.9 Å². The van der Waals surface area contributed by atoms with Crippen LogP contribution in [0.25, 0.3) is 0 Å². The lowest BCUT2D eigenvalue weighted by Gasteiger charge is -2.33. The average Bonchev–Trinajstić information content (AvgIpc) is 2.62. The third kappa shape index (κ3) is 4.06. The number of nitro groups is 1. The third-order valence-corrected chi connectivity index (χ3v) is 4.34. The molecule has 1 atom stereocenters. The fraction of sp³-hybridized carbons (Fsp3) is 0.294. The molecule has 0 radical (unpaired) electrons. The highest BCUT2D eigenvalue weighted by molar-refractivity contribution is 6.33. The Bertz CT molecular complexity index is 785. The number of amides is 1. The fourth-order valence-corrected chi connectivity index (χ4v) is 2.99. The summed E-state index contributed by atoms with van der Waals surface area (Å²) < 4.78 is 5.89. The Kier molecular flexibility index (Phi) is 5.14. The van der Waals surface area contributed by atoms with Gasteiger partial charge in [0, 0.05) is 31.1 Å². The van der Waals surface area contributed by atoms with Gasteiger partial charge in [-0.25, -0.2) is 0 Å². The van der Waals surface area contributed by atoms with Gasteiger partial charge in [-0.05, 0) is 31.0 Å². The zero-order valence-corrected chi connectivity index (χ0v) is 14.1. The molecule has 0 saturated carbocycles. The highest BCUT2D eigenvalue weighted by Gasteiger charge is 2.27. The molecule has 8 heteroatoms. The molecule has 1 fully saturated rings. The minimum absolute atomic E-state index is 0.139. The van der Waals surface area contributed by atoms with E-state index >= 15 is 0 Å². The molecule has 2 heterocycles. The molecule has 7 nitrogen and oxygen atoms in total. The lowest BCUT2D eigenvalue weighted by molar-refractivity contribution is -0.384. The van der Waals surface area contributed by atoms with Gasteiger partial charge in [-0.15, -0.1) is 0 Å². The minimum Gasteiger partial charge on any atom is -0.488 e. The highest BCUT2D eigenvalue weighted by atomic mass is 35.5. The van der Waals surface area contributed by atoms with E-state index in [2.05, 4.69) is 4.98 Å². The van der Waals surface area contributed by atoms with Crippen LogP contribution >= 0.6 is 11.6 Å². The molecular weight excluding hydrogens is 346 g/mol. The highest BCUT2D eigenvalue weighted by Crippen LogP contribution is 2.25. The lowest BCUT2D eigenvalue weighted by atomic mass is 10.1. The van der Waals surface area contributed by atoms with Crippen molar-refractivity contribution in [3.63, 3.8) is 0 Å². The molecule has 1 aromatic carbocycles. The van der Waals surface area contributed by atoms with Crippen molar-refractivity contribution in [1.29, 1.82) is 0 Å². The summed E-state index contributed by atoms with van der Waals surface area (Å²) in [5.74, 6) is 0.374. The third-order valence-electron chi connectivity index (χ3n) is 4.01. The molecule has 1 aromatic heterocycles. The van der Waals surface area contributed by atoms with Gasteiger partial charge in [-0.3, -0.25) is 19.9 Å². The molecule has 3 rings (SSSR count). The molecule has 2 aromatic rings. The number of nitrogens with zero attached hydrogens (tertiary/aromatic N) is 3. The van der Waals surface area contributed by atoms with E-state index in [4.69, 9.17) is 16.3 Å². The van der Waals surface area contributed by atoms with Crippen LogP contribution in [0.4, 0.5) is 5.69 Å². The van der Waals surface area contributed by atoms with Crippen LogP contribution in [0.3, 0.4) is 0 Å². The molecular formula is C17H16ClN3O4. The van der Waals surface area contributed by atoms with Gasteiger partial charge >= 0.3 is 0 Å². The first kappa shape index (κ1) is 17.2. The Morgan fingerprint density at radius 2 is 2.08 bits per heavy atom. The maximum Gasteiger partial charge on any atom is 0.270 e. The second-order valence-electron chi connectivity index (χ2n) is 5.74. The zero-order valence-electron chi connectivity index (χ0n) is 13.3. The molecule has 1 saturated heterocycles. The van der Waals surface area contributed by atoms with Gasteiger partial charge in [-0.1, -0.05) is 11.6 Å². The van der Waals surface area contributed by atoms with E-state index in [0.29, 0.717) is 18.8 Å². The van der Waals surface area contributed by atoms with Crippen LogP contribution in [0, 0.1) is 10.1 Å². The quantitative estimate of drug-likeness (QED) is 0.616. The maximum atomic E-state index is 12.7. The Labute approximate surface area is 149 Å². The van der Waals surface area contributed by atoms with E-state index in [-0.39, 0.29) is 28.3 Å².